The number of hydrogen-bond acceptors (Lipinski definition) is 7. The van der Waals surface area contributed by atoms with Gasteiger partial charge in [-0.3, -0.25) is 14.5 Å². The number of carbonyl (C=O) groups excluding carboxylic acids is 2. The first-order valence-corrected chi connectivity index (χ1v) is 9.81. The maximum atomic E-state index is 12.3. The van der Waals surface area contributed by atoms with E-state index in [4.69, 9.17) is 4.74 Å². The van der Waals surface area contributed by atoms with Gasteiger partial charge < -0.3 is 10.1 Å². The lowest BCUT2D eigenvalue weighted by molar-refractivity contribution is -0.117. The van der Waals surface area contributed by atoms with Gasteiger partial charge in [0.15, 0.2) is 10.3 Å². The van der Waals surface area contributed by atoms with E-state index in [1.807, 2.05) is 23.6 Å². The number of nitrogens with one attached hydrogen (secondary N) is 1. The number of thiazole rings is 2. The van der Waals surface area contributed by atoms with Gasteiger partial charge in [0.1, 0.15) is 5.75 Å². The van der Waals surface area contributed by atoms with Crippen LogP contribution in [0.4, 0.5) is 10.3 Å². The third-order valence-electron chi connectivity index (χ3n) is 4.03. The highest BCUT2D eigenvalue weighted by molar-refractivity contribution is 7.22. The maximum absolute atomic E-state index is 12.3. The van der Waals surface area contributed by atoms with E-state index in [0.29, 0.717) is 28.9 Å². The summed E-state index contributed by atoms with van der Waals surface area (Å²) in [7, 11) is 1.61. The van der Waals surface area contributed by atoms with Gasteiger partial charge in [-0.25, -0.2) is 9.97 Å². The molecule has 0 radical (unpaired) electrons. The lowest BCUT2D eigenvalue weighted by Crippen LogP contribution is -2.23. The predicted octanol–water partition coefficient (Wildman–Crippen LogP) is 3.07. The molecule has 0 saturated carbocycles. The van der Waals surface area contributed by atoms with Crippen LogP contribution in [-0.4, -0.2) is 35.4 Å². The van der Waals surface area contributed by atoms with Crippen LogP contribution in [-0.2, 0) is 16.0 Å². The molecule has 1 N–H and O–H groups in total. The predicted molar refractivity (Wildman–Crippen MR) is 102 cm³/mol. The highest BCUT2D eigenvalue weighted by Crippen LogP contribution is 2.29. The lowest BCUT2D eigenvalue weighted by atomic mass is 10.3. The van der Waals surface area contributed by atoms with Crippen LogP contribution in [0.1, 0.15) is 18.5 Å². The van der Waals surface area contributed by atoms with Crippen LogP contribution in [0.2, 0.25) is 0 Å². The molecule has 0 atom stereocenters. The summed E-state index contributed by atoms with van der Waals surface area (Å²) in [5.74, 6) is 0.673. The van der Waals surface area contributed by atoms with Crippen molar-refractivity contribution in [2.24, 2.45) is 0 Å². The SMILES string of the molecule is COc1ccc2nc(NC(=O)Cc3csc(N4CCCC4=O)n3)sc2c1. The number of ether oxygens (including phenoxy) is 1. The first kappa shape index (κ1) is 16.9. The third-order valence-corrected chi connectivity index (χ3v) is 5.87. The van der Waals surface area contributed by atoms with Gasteiger partial charge in [0, 0.05) is 18.3 Å². The van der Waals surface area contributed by atoms with Crippen molar-refractivity contribution < 1.29 is 14.3 Å². The molecule has 1 aromatic carbocycles. The molecule has 134 valence electrons. The van der Waals surface area contributed by atoms with Gasteiger partial charge in [-0.05, 0) is 24.6 Å². The van der Waals surface area contributed by atoms with Crippen LogP contribution in [0, 0.1) is 0 Å². The number of anilines is 2. The summed E-state index contributed by atoms with van der Waals surface area (Å²) >= 11 is 2.79. The molecule has 1 saturated heterocycles. The Morgan fingerprint density at radius 1 is 1.38 bits per heavy atom. The van der Waals surface area contributed by atoms with E-state index in [0.717, 1.165) is 22.4 Å². The first-order chi connectivity index (χ1) is 12.6. The van der Waals surface area contributed by atoms with Crippen molar-refractivity contribution in [3.63, 3.8) is 0 Å². The number of amides is 2. The minimum atomic E-state index is -0.180. The van der Waals surface area contributed by atoms with Gasteiger partial charge in [0.05, 0.1) is 29.4 Å². The summed E-state index contributed by atoms with van der Waals surface area (Å²) in [6.45, 7) is 0.702. The molecule has 1 fully saturated rings. The van der Waals surface area contributed by atoms with E-state index in [9.17, 15) is 9.59 Å². The zero-order chi connectivity index (χ0) is 18.1. The average Bonchev–Trinajstić information content (AvgIpc) is 3.33. The number of hydrogen-bond donors (Lipinski definition) is 1. The van der Waals surface area contributed by atoms with Crippen LogP contribution in [0.25, 0.3) is 10.2 Å². The van der Waals surface area contributed by atoms with E-state index < -0.39 is 0 Å². The van der Waals surface area contributed by atoms with Crippen molar-refractivity contribution in [3.05, 3.63) is 29.3 Å². The maximum Gasteiger partial charge on any atom is 0.232 e. The van der Waals surface area contributed by atoms with Gasteiger partial charge in [-0.15, -0.1) is 11.3 Å². The first-order valence-electron chi connectivity index (χ1n) is 8.11. The molecule has 0 bridgehead atoms. The van der Waals surface area contributed by atoms with Crippen LogP contribution in [0.5, 0.6) is 5.75 Å². The Morgan fingerprint density at radius 3 is 3.04 bits per heavy atom. The smallest absolute Gasteiger partial charge is 0.232 e. The number of fused-ring (bicyclic) bond motifs is 1. The van der Waals surface area contributed by atoms with E-state index in [2.05, 4.69) is 15.3 Å². The normalized spacial score (nSPS) is 14.2. The van der Waals surface area contributed by atoms with Crippen molar-refractivity contribution in [1.29, 1.82) is 0 Å². The Labute approximate surface area is 157 Å². The van der Waals surface area contributed by atoms with E-state index in [1.54, 1.807) is 12.0 Å². The van der Waals surface area contributed by atoms with Crippen molar-refractivity contribution in [2.75, 3.05) is 23.9 Å². The minimum Gasteiger partial charge on any atom is -0.497 e. The number of carbonyl (C=O) groups is 2. The Balaban J connectivity index is 1.42. The van der Waals surface area contributed by atoms with Crippen molar-refractivity contribution in [3.8, 4) is 5.75 Å². The number of nitrogens with zero attached hydrogens (tertiary/aromatic N) is 3. The van der Waals surface area contributed by atoms with Gasteiger partial charge in [0.25, 0.3) is 0 Å². The van der Waals surface area contributed by atoms with Gasteiger partial charge in [-0.2, -0.15) is 0 Å². The monoisotopic (exact) mass is 388 g/mol. The molecule has 2 amide bonds. The summed E-state index contributed by atoms with van der Waals surface area (Å²) in [4.78, 5) is 34.6. The molecule has 1 aliphatic heterocycles. The van der Waals surface area contributed by atoms with Crippen LogP contribution in [0.15, 0.2) is 23.6 Å². The van der Waals surface area contributed by atoms with Gasteiger partial charge in [-0.1, -0.05) is 11.3 Å². The largest absolute Gasteiger partial charge is 0.497 e. The molecule has 9 heteroatoms. The molecule has 0 spiro atoms. The quantitative estimate of drug-likeness (QED) is 0.726. The van der Waals surface area contributed by atoms with Crippen LogP contribution in [0.3, 0.4) is 0 Å². The summed E-state index contributed by atoms with van der Waals surface area (Å²) in [5, 5.41) is 5.85. The number of rotatable bonds is 5. The molecule has 0 aliphatic carbocycles. The fourth-order valence-corrected chi connectivity index (χ4v) is 4.54. The van der Waals surface area contributed by atoms with Crippen molar-refractivity contribution in [2.45, 2.75) is 19.3 Å². The Bertz CT molecular complexity index is 981. The summed E-state index contributed by atoms with van der Waals surface area (Å²) < 4.78 is 6.15. The zero-order valence-electron chi connectivity index (χ0n) is 14.0. The Kier molecular flexibility index (Phi) is 4.56. The van der Waals surface area contributed by atoms with E-state index in [-0.39, 0.29) is 18.2 Å². The zero-order valence-corrected chi connectivity index (χ0v) is 15.7. The molecular formula is C17H16N4O3S2. The van der Waals surface area contributed by atoms with Crippen LogP contribution < -0.4 is 15.0 Å². The average molecular weight is 388 g/mol. The molecule has 2 aromatic heterocycles. The lowest BCUT2D eigenvalue weighted by Gasteiger charge is -2.10. The molecule has 1 aliphatic rings. The standard InChI is InChI=1S/C17H16N4O3S2/c1-24-11-4-5-12-13(8-11)26-16(19-12)20-14(22)7-10-9-25-17(18-10)21-6-2-3-15(21)23/h4-5,8-9H,2-3,6-7H2,1H3,(H,19,20,22). The third kappa shape index (κ3) is 3.40. The number of methoxy groups -OCH3 is 1. The summed E-state index contributed by atoms with van der Waals surface area (Å²) in [6.07, 6.45) is 1.58. The minimum absolute atomic E-state index is 0.0975. The van der Waals surface area contributed by atoms with Crippen molar-refractivity contribution in [1.82, 2.24) is 9.97 Å². The van der Waals surface area contributed by atoms with Gasteiger partial charge >= 0.3 is 0 Å². The summed E-state index contributed by atoms with van der Waals surface area (Å²) in [5.41, 5.74) is 1.47. The highest BCUT2D eigenvalue weighted by Gasteiger charge is 2.24. The number of aromatic nitrogens is 2. The van der Waals surface area contributed by atoms with E-state index in [1.165, 1.54) is 22.7 Å². The van der Waals surface area contributed by atoms with E-state index >= 15 is 0 Å². The fraction of sp³-hybridized carbons (Fsp3) is 0.294. The molecule has 3 heterocycles. The topological polar surface area (TPSA) is 84.4 Å². The Morgan fingerprint density at radius 2 is 2.27 bits per heavy atom. The molecule has 26 heavy (non-hydrogen) atoms. The molecule has 0 unspecified atom stereocenters. The van der Waals surface area contributed by atoms with Crippen molar-refractivity contribution >= 4 is 55.0 Å². The number of benzene rings is 1. The molecule has 4 rings (SSSR count). The molecule has 3 aromatic rings. The second-order valence-corrected chi connectivity index (χ2v) is 7.72. The van der Waals surface area contributed by atoms with Gasteiger partial charge in [0.2, 0.25) is 11.8 Å². The Hall–Kier alpha value is -2.52. The summed E-state index contributed by atoms with van der Waals surface area (Å²) in [6, 6.07) is 5.59. The fourth-order valence-electron chi connectivity index (χ4n) is 2.77. The van der Waals surface area contributed by atoms with Crippen LogP contribution >= 0.6 is 22.7 Å². The molecule has 7 nitrogen and oxygen atoms in total. The molecular weight excluding hydrogens is 372 g/mol. The highest BCUT2D eigenvalue weighted by atomic mass is 32.1. The second kappa shape index (κ2) is 7.00. The second-order valence-electron chi connectivity index (χ2n) is 5.85.